The zero-order valence-corrected chi connectivity index (χ0v) is 13.7. The normalized spacial score (nSPS) is 14.7. The van der Waals surface area contributed by atoms with Crippen LogP contribution in [-0.2, 0) is 15.6 Å². The van der Waals surface area contributed by atoms with Crippen molar-refractivity contribution >= 4 is 15.8 Å². The van der Waals surface area contributed by atoms with Gasteiger partial charge in [0.1, 0.15) is 16.4 Å². The zero-order chi connectivity index (χ0) is 17.6. The summed E-state index contributed by atoms with van der Waals surface area (Å²) in [6.45, 7) is 0. The van der Waals surface area contributed by atoms with Crippen molar-refractivity contribution < 1.29 is 23.1 Å². The third kappa shape index (κ3) is 2.58. The highest BCUT2D eigenvalue weighted by Gasteiger charge is 2.29. The number of hydrogen-bond donors (Lipinski definition) is 1. The second-order valence-corrected chi connectivity index (χ2v) is 7.64. The molecule has 0 radical (unpaired) electrons. The molecule has 2 heterocycles. The number of ether oxygens (including phenoxy) is 1. The average Bonchev–Trinajstić information content (AvgIpc) is 3.06. The molecule has 3 aromatic rings. The van der Waals surface area contributed by atoms with Crippen LogP contribution in [0.25, 0.3) is 5.69 Å². The van der Waals surface area contributed by atoms with E-state index in [1.165, 1.54) is 12.1 Å². The lowest BCUT2D eigenvalue weighted by Crippen LogP contribution is -2.09. The van der Waals surface area contributed by atoms with E-state index in [-0.39, 0.29) is 22.0 Å². The van der Waals surface area contributed by atoms with Gasteiger partial charge in [0, 0.05) is 24.0 Å². The number of rotatable bonds is 2. The van der Waals surface area contributed by atoms with Crippen LogP contribution in [0.5, 0.6) is 11.5 Å². The number of benzene rings is 2. The first kappa shape index (κ1) is 15.5. The van der Waals surface area contributed by atoms with Crippen LogP contribution in [0, 0.1) is 0 Å². The fourth-order valence-electron chi connectivity index (χ4n) is 2.88. The molecule has 0 aliphatic carbocycles. The predicted octanol–water partition coefficient (Wildman–Crippen LogP) is 3.26. The largest absolute Gasteiger partial charge is 0.478 e. The lowest BCUT2D eigenvalue weighted by Gasteiger charge is -2.13. The third-order valence-electron chi connectivity index (χ3n) is 4.05. The van der Waals surface area contributed by atoms with Crippen molar-refractivity contribution in [1.29, 1.82) is 0 Å². The summed E-state index contributed by atoms with van der Waals surface area (Å²) in [6, 6.07) is 13.0. The molecule has 0 saturated carbocycles. The molecule has 4 rings (SSSR count). The van der Waals surface area contributed by atoms with Crippen LogP contribution >= 0.6 is 0 Å². The first-order valence-electron chi connectivity index (χ1n) is 7.49. The van der Waals surface area contributed by atoms with Gasteiger partial charge in [-0.1, -0.05) is 18.2 Å². The predicted molar refractivity (Wildman–Crippen MR) is 90.1 cm³/mol. The summed E-state index contributed by atoms with van der Waals surface area (Å²) in [5.74, 6) is -0.869. The molecule has 2 aromatic carbocycles. The van der Waals surface area contributed by atoms with Gasteiger partial charge in [0.2, 0.25) is 0 Å². The Labute approximate surface area is 143 Å². The smallest absolute Gasteiger partial charge is 0.337 e. The summed E-state index contributed by atoms with van der Waals surface area (Å²) in [6.07, 6.45) is 3.38. The summed E-state index contributed by atoms with van der Waals surface area (Å²) in [5.41, 5.74) is 0.775. The van der Waals surface area contributed by atoms with Crippen LogP contribution in [-0.4, -0.2) is 24.1 Å². The fourth-order valence-corrected chi connectivity index (χ4v) is 4.38. The van der Waals surface area contributed by atoms with E-state index in [9.17, 15) is 18.3 Å². The second kappa shape index (κ2) is 5.49. The molecule has 0 amide bonds. The maximum atomic E-state index is 12.7. The highest BCUT2D eigenvalue weighted by Crippen LogP contribution is 2.39. The molecule has 0 atom stereocenters. The van der Waals surface area contributed by atoms with Crippen molar-refractivity contribution in [3.8, 4) is 17.2 Å². The third-order valence-corrected chi connectivity index (χ3v) is 5.73. The number of sulfone groups is 1. The summed E-state index contributed by atoms with van der Waals surface area (Å²) < 4.78 is 32.9. The molecule has 0 saturated heterocycles. The standard InChI is InChI=1S/C18H13NO5S/c20-18(21)13-9-17-16(10-14(13)19-7-3-4-8-19)24-15-6-2-1-5-12(15)11-25(17,22)23/h1-10H,11H2,(H,20,21). The number of aromatic nitrogens is 1. The first-order chi connectivity index (χ1) is 12.0. The maximum absolute atomic E-state index is 12.7. The van der Waals surface area contributed by atoms with Crippen LogP contribution in [0.2, 0.25) is 0 Å². The summed E-state index contributed by atoms with van der Waals surface area (Å²) in [7, 11) is -3.73. The lowest BCUT2D eigenvalue weighted by atomic mass is 10.1. The Morgan fingerprint density at radius 3 is 2.48 bits per heavy atom. The molecule has 1 aliphatic rings. The van der Waals surface area contributed by atoms with Gasteiger partial charge >= 0.3 is 5.97 Å². The van der Waals surface area contributed by atoms with Crippen molar-refractivity contribution in [2.45, 2.75) is 10.6 Å². The highest BCUT2D eigenvalue weighted by atomic mass is 32.2. The topological polar surface area (TPSA) is 85.6 Å². The van der Waals surface area contributed by atoms with Crippen LogP contribution in [0.15, 0.2) is 65.8 Å². The number of para-hydroxylation sites is 1. The Hall–Kier alpha value is -3.06. The van der Waals surface area contributed by atoms with Gasteiger partial charge in [0.15, 0.2) is 9.84 Å². The summed E-state index contributed by atoms with van der Waals surface area (Å²) in [5, 5.41) is 9.53. The fraction of sp³-hybridized carbons (Fsp3) is 0.0556. The molecular formula is C18H13NO5S. The lowest BCUT2D eigenvalue weighted by molar-refractivity contribution is 0.0696. The summed E-state index contributed by atoms with van der Waals surface area (Å²) >= 11 is 0. The Kier molecular flexibility index (Phi) is 3.40. The molecule has 0 spiro atoms. The van der Waals surface area contributed by atoms with Gasteiger partial charge in [-0.2, -0.15) is 0 Å². The maximum Gasteiger partial charge on any atom is 0.337 e. The van der Waals surface area contributed by atoms with Gasteiger partial charge in [-0.3, -0.25) is 0 Å². The number of carbonyl (C=O) groups is 1. The van der Waals surface area contributed by atoms with Crippen LogP contribution in [0.4, 0.5) is 0 Å². The Morgan fingerprint density at radius 1 is 1.04 bits per heavy atom. The number of hydrogen-bond acceptors (Lipinski definition) is 4. The van der Waals surface area contributed by atoms with Gasteiger partial charge in [0.05, 0.1) is 17.0 Å². The number of aromatic carboxylic acids is 1. The molecule has 1 N–H and O–H groups in total. The Bertz CT molecular complexity index is 1080. The van der Waals surface area contributed by atoms with Crippen molar-refractivity contribution in [1.82, 2.24) is 4.57 Å². The molecule has 126 valence electrons. The minimum atomic E-state index is -3.73. The molecule has 7 heteroatoms. The molecule has 1 aromatic heterocycles. The van der Waals surface area contributed by atoms with E-state index in [4.69, 9.17) is 4.74 Å². The number of carboxylic acids is 1. The molecular weight excluding hydrogens is 342 g/mol. The first-order valence-corrected chi connectivity index (χ1v) is 9.14. The second-order valence-electron chi connectivity index (χ2n) is 5.68. The number of fused-ring (bicyclic) bond motifs is 2. The Morgan fingerprint density at radius 2 is 1.76 bits per heavy atom. The van der Waals surface area contributed by atoms with Gasteiger partial charge in [-0.15, -0.1) is 0 Å². The zero-order valence-electron chi connectivity index (χ0n) is 12.9. The minimum absolute atomic E-state index is 0.104. The van der Waals surface area contributed by atoms with E-state index in [2.05, 4.69) is 0 Å². The van der Waals surface area contributed by atoms with Crippen molar-refractivity contribution in [2.24, 2.45) is 0 Å². The molecule has 1 aliphatic heterocycles. The van der Waals surface area contributed by atoms with E-state index < -0.39 is 15.8 Å². The number of carboxylic acid groups (broad SMARTS) is 1. The molecule has 0 unspecified atom stereocenters. The average molecular weight is 355 g/mol. The molecule has 6 nitrogen and oxygen atoms in total. The van der Waals surface area contributed by atoms with E-state index >= 15 is 0 Å². The van der Waals surface area contributed by atoms with E-state index in [1.54, 1.807) is 53.4 Å². The molecule has 25 heavy (non-hydrogen) atoms. The van der Waals surface area contributed by atoms with Gasteiger partial charge < -0.3 is 14.4 Å². The van der Waals surface area contributed by atoms with E-state index in [1.807, 2.05) is 0 Å². The van der Waals surface area contributed by atoms with Crippen LogP contribution < -0.4 is 4.74 Å². The highest BCUT2D eigenvalue weighted by molar-refractivity contribution is 7.90. The van der Waals surface area contributed by atoms with E-state index in [0.717, 1.165) is 0 Å². The number of nitrogens with zero attached hydrogens (tertiary/aromatic N) is 1. The Balaban J connectivity index is 2.01. The van der Waals surface area contributed by atoms with Crippen molar-refractivity contribution in [3.05, 3.63) is 72.1 Å². The minimum Gasteiger partial charge on any atom is -0.478 e. The van der Waals surface area contributed by atoms with Crippen LogP contribution in [0.1, 0.15) is 15.9 Å². The molecule has 0 fully saturated rings. The quantitative estimate of drug-likeness (QED) is 0.763. The monoisotopic (exact) mass is 355 g/mol. The van der Waals surface area contributed by atoms with Crippen molar-refractivity contribution in [2.75, 3.05) is 0 Å². The van der Waals surface area contributed by atoms with Gasteiger partial charge in [-0.05, 0) is 24.3 Å². The van der Waals surface area contributed by atoms with Crippen LogP contribution in [0.3, 0.4) is 0 Å². The molecule has 0 bridgehead atoms. The SMILES string of the molecule is O=C(O)c1cc2c(cc1-n1cccc1)Oc1ccccc1CS2(=O)=O. The van der Waals surface area contributed by atoms with E-state index in [0.29, 0.717) is 17.0 Å². The summed E-state index contributed by atoms with van der Waals surface area (Å²) in [4.78, 5) is 11.6. The van der Waals surface area contributed by atoms with Gasteiger partial charge in [0.25, 0.3) is 0 Å². The van der Waals surface area contributed by atoms with Crippen molar-refractivity contribution in [3.63, 3.8) is 0 Å². The van der Waals surface area contributed by atoms with Gasteiger partial charge in [-0.25, -0.2) is 13.2 Å².